The summed E-state index contributed by atoms with van der Waals surface area (Å²) in [5.74, 6) is 1.72. The van der Waals surface area contributed by atoms with Crippen LogP contribution in [0.25, 0.3) is 0 Å². The molecule has 2 N–H and O–H groups in total. The Morgan fingerprint density at radius 3 is 2.62 bits per heavy atom. The normalized spacial score (nSPS) is 19.0. The molecule has 1 atom stereocenters. The Morgan fingerprint density at radius 2 is 1.95 bits per heavy atom. The smallest absolute Gasteiger partial charge is 0.123 e. The second-order valence-corrected chi connectivity index (χ2v) is 5.55. The first-order valence-corrected chi connectivity index (χ1v) is 7.54. The van der Waals surface area contributed by atoms with E-state index in [2.05, 4.69) is 16.8 Å². The van der Waals surface area contributed by atoms with Crippen molar-refractivity contribution in [2.24, 2.45) is 5.73 Å². The van der Waals surface area contributed by atoms with Crippen LogP contribution in [0.2, 0.25) is 0 Å². The monoisotopic (exact) mass is 293 g/mol. The van der Waals surface area contributed by atoms with Crippen LogP contribution in [-0.4, -0.2) is 63.8 Å². The van der Waals surface area contributed by atoms with Crippen molar-refractivity contribution in [2.75, 3.05) is 54.0 Å². The molecular formula is C16H27N3O2. The van der Waals surface area contributed by atoms with Crippen LogP contribution in [-0.2, 0) is 0 Å². The number of benzene rings is 1. The van der Waals surface area contributed by atoms with Gasteiger partial charge in [-0.15, -0.1) is 0 Å². The van der Waals surface area contributed by atoms with E-state index in [1.54, 1.807) is 14.2 Å². The zero-order valence-corrected chi connectivity index (χ0v) is 13.3. The van der Waals surface area contributed by atoms with Crippen molar-refractivity contribution in [3.63, 3.8) is 0 Å². The molecule has 5 heteroatoms. The van der Waals surface area contributed by atoms with Gasteiger partial charge in [0.25, 0.3) is 0 Å². The number of ether oxygens (including phenoxy) is 2. The van der Waals surface area contributed by atoms with Gasteiger partial charge in [0.05, 0.1) is 20.3 Å². The van der Waals surface area contributed by atoms with Crippen molar-refractivity contribution < 1.29 is 9.47 Å². The zero-order chi connectivity index (χ0) is 15.2. The number of nitrogens with two attached hydrogens (primary N) is 1. The van der Waals surface area contributed by atoms with Gasteiger partial charge >= 0.3 is 0 Å². The van der Waals surface area contributed by atoms with Crippen LogP contribution < -0.4 is 15.2 Å². The molecule has 1 saturated heterocycles. The average Bonchev–Trinajstić information content (AvgIpc) is 2.73. The predicted octanol–water partition coefficient (Wildman–Crippen LogP) is 1.34. The summed E-state index contributed by atoms with van der Waals surface area (Å²) in [4.78, 5) is 4.83. The van der Waals surface area contributed by atoms with Gasteiger partial charge in [-0.25, -0.2) is 0 Å². The summed E-state index contributed by atoms with van der Waals surface area (Å²) < 4.78 is 10.9. The minimum Gasteiger partial charge on any atom is -0.497 e. The van der Waals surface area contributed by atoms with Gasteiger partial charge in [0, 0.05) is 31.7 Å². The summed E-state index contributed by atoms with van der Waals surface area (Å²) in [6, 6.07) is 6.10. The van der Waals surface area contributed by atoms with Gasteiger partial charge in [-0.05, 0) is 38.2 Å². The summed E-state index contributed by atoms with van der Waals surface area (Å²) in [5.41, 5.74) is 7.20. The highest BCUT2D eigenvalue weighted by molar-refractivity contribution is 5.42. The predicted molar refractivity (Wildman–Crippen MR) is 85.0 cm³/mol. The fourth-order valence-electron chi connectivity index (χ4n) is 2.95. The molecule has 0 saturated carbocycles. The largest absolute Gasteiger partial charge is 0.497 e. The number of hydrogen-bond donors (Lipinski definition) is 1. The van der Waals surface area contributed by atoms with Crippen molar-refractivity contribution >= 4 is 0 Å². The molecule has 1 unspecified atom stereocenters. The van der Waals surface area contributed by atoms with Crippen LogP contribution in [0.3, 0.4) is 0 Å². The SMILES string of the molecule is COc1ccc(OC)c(C(CN)N2CCCN(C)CC2)c1. The highest BCUT2D eigenvalue weighted by atomic mass is 16.5. The first-order chi connectivity index (χ1) is 10.2. The molecule has 1 aliphatic rings. The van der Waals surface area contributed by atoms with Crippen LogP contribution in [0.15, 0.2) is 18.2 Å². The standard InChI is InChI=1S/C16H27N3O2/c1-18-7-4-8-19(10-9-18)15(12-17)14-11-13(20-2)5-6-16(14)21-3/h5-6,11,15H,4,7-10,12,17H2,1-3H3. The average molecular weight is 293 g/mol. The first kappa shape index (κ1) is 16.1. The molecule has 2 rings (SSSR count). The maximum Gasteiger partial charge on any atom is 0.123 e. The molecule has 1 aromatic rings. The Bertz CT molecular complexity index is 453. The van der Waals surface area contributed by atoms with Gasteiger partial charge in [-0.1, -0.05) is 0 Å². The lowest BCUT2D eigenvalue weighted by molar-refractivity contribution is 0.203. The van der Waals surface area contributed by atoms with E-state index in [1.807, 2.05) is 18.2 Å². The Labute approximate surface area is 127 Å². The minimum atomic E-state index is 0.168. The van der Waals surface area contributed by atoms with Crippen molar-refractivity contribution in [1.29, 1.82) is 0 Å². The Hall–Kier alpha value is -1.30. The highest BCUT2D eigenvalue weighted by Gasteiger charge is 2.24. The van der Waals surface area contributed by atoms with Gasteiger partial charge in [0.15, 0.2) is 0 Å². The molecule has 0 aliphatic carbocycles. The van der Waals surface area contributed by atoms with E-state index >= 15 is 0 Å². The molecule has 0 amide bonds. The second-order valence-electron chi connectivity index (χ2n) is 5.55. The fourth-order valence-corrected chi connectivity index (χ4v) is 2.95. The third kappa shape index (κ3) is 3.87. The topological polar surface area (TPSA) is 51.0 Å². The van der Waals surface area contributed by atoms with E-state index in [-0.39, 0.29) is 6.04 Å². The van der Waals surface area contributed by atoms with E-state index < -0.39 is 0 Å². The van der Waals surface area contributed by atoms with Gasteiger partial charge < -0.3 is 20.1 Å². The summed E-state index contributed by atoms with van der Waals surface area (Å²) in [6.45, 7) is 4.88. The second kappa shape index (κ2) is 7.64. The van der Waals surface area contributed by atoms with E-state index in [1.165, 1.54) is 6.42 Å². The lowest BCUT2D eigenvalue weighted by atomic mass is 10.0. The third-order valence-corrected chi connectivity index (χ3v) is 4.21. The van der Waals surface area contributed by atoms with Gasteiger partial charge in [0.2, 0.25) is 0 Å². The maximum absolute atomic E-state index is 6.08. The zero-order valence-electron chi connectivity index (χ0n) is 13.3. The number of methoxy groups -OCH3 is 2. The molecule has 118 valence electrons. The molecule has 21 heavy (non-hydrogen) atoms. The van der Waals surface area contributed by atoms with Crippen molar-refractivity contribution in [1.82, 2.24) is 9.80 Å². The van der Waals surface area contributed by atoms with E-state index in [4.69, 9.17) is 15.2 Å². The number of hydrogen-bond acceptors (Lipinski definition) is 5. The Kier molecular flexibility index (Phi) is 5.85. The molecule has 1 aliphatic heterocycles. The molecule has 0 aromatic heterocycles. The van der Waals surface area contributed by atoms with Crippen LogP contribution in [0, 0.1) is 0 Å². The quantitative estimate of drug-likeness (QED) is 0.888. The molecule has 0 bridgehead atoms. The number of likely N-dealkylation sites (N-methyl/N-ethyl adjacent to an activating group) is 1. The van der Waals surface area contributed by atoms with E-state index in [0.29, 0.717) is 6.54 Å². The summed E-state index contributed by atoms with van der Waals surface area (Å²) >= 11 is 0. The van der Waals surface area contributed by atoms with Crippen LogP contribution >= 0.6 is 0 Å². The van der Waals surface area contributed by atoms with E-state index in [9.17, 15) is 0 Å². The lowest BCUT2D eigenvalue weighted by Gasteiger charge is -2.31. The molecule has 0 spiro atoms. The van der Waals surface area contributed by atoms with Crippen molar-refractivity contribution in [3.05, 3.63) is 23.8 Å². The van der Waals surface area contributed by atoms with Crippen LogP contribution in [0.4, 0.5) is 0 Å². The Balaban J connectivity index is 2.27. The van der Waals surface area contributed by atoms with Crippen LogP contribution in [0.5, 0.6) is 11.5 Å². The molecular weight excluding hydrogens is 266 g/mol. The van der Waals surface area contributed by atoms with Crippen LogP contribution in [0.1, 0.15) is 18.0 Å². The summed E-state index contributed by atoms with van der Waals surface area (Å²) in [5, 5.41) is 0. The summed E-state index contributed by atoms with van der Waals surface area (Å²) in [7, 11) is 5.56. The van der Waals surface area contributed by atoms with Gasteiger partial charge in [0.1, 0.15) is 11.5 Å². The fraction of sp³-hybridized carbons (Fsp3) is 0.625. The van der Waals surface area contributed by atoms with Crippen molar-refractivity contribution in [3.8, 4) is 11.5 Å². The van der Waals surface area contributed by atoms with Gasteiger partial charge in [-0.3, -0.25) is 4.90 Å². The molecule has 5 nitrogen and oxygen atoms in total. The Morgan fingerprint density at radius 1 is 1.14 bits per heavy atom. The van der Waals surface area contributed by atoms with E-state index in [0.717, 1.165) is 43.2 Å². The first-order valence-electron chi connectivity index (χ1n) is 7.54. The molecule has 1 heterocycles. The third-order valence-electron chi connectivity index (χ3n) is 4.21. The minimum absolute atomic E-state index is 0.168. The molecule has 1 fully saturated rings. The lowest BCUT2D eigenvalue weighted by Crippen LogP contribution is -2.36. The molecule has 0 radical (unpaired) electrons. The molecule has 1 aromatic carbocycles. The maximum atomic E-state index is 6.08. The van der Waals surface area contributed by atoms with Crippen molar-refractivity contribution in [2.45, 2.75) is 12.5 Å². The van der Waals surface area contributed by atoms with Gasteiger partial charge in [-0.2, -0.15) is 0 Å². The number of nitrogens with zero attached hydrogens (tertiary/aromatic N) is 2. The number of rotatable bonds is 5. The summed E-state index contributed by atoms with van der Waals surface area (Å²) in [6.07, 6.45) is 1.17. The highest BCUT2D eigenvalue weighted by Crippen LogP contribution is 2.32.